The summed E-state index contributed by atoms with van der Waals surface area (Å²) in [5.74, 6) is 1.02. The van der Waals surface area contributed by atoms with Crippen molar-refractivity contribution in [2.75, 3.05) is 20.2 Å². The summed E-state index contributed by atoms with van der Waals surface area (Å²) in [6.07, 6.45) is 2.63. The summed E-state index contributed by atoms with van der Waals surface area (Å²) >= 11 is 0. The molecule has 1 aromatic carbocycles. The van der Waals surface area contributed by atoms with E-state index in [1.165, 1.54) is 31.5 Å². The second-order valence-electron chi connectivity index (χ2n) is 5.42. The van der Waals surface area contributed by atoms with Gasteiger partial charge in [-0.1, -0.05) is 0 Å². The highest BCUT2D eigenvalue weighted by molar-refractivity contribution is 5.98. The lowest BCUT2D eigenvalue weighted by Crippen LogP contribution is -3.08. The first-order chi connectivity index (χ1) is 10.1. The summed E-state index contributed by atoms with van der Waals surface area (Å²) < 4.78 is 5.48. The molecule has 1 aromatic rings. The van der Waals surface area contributed by atoms with E-state index in [-0.39, 0.29) is 5.96 Å². The predicted molar refractivity (Wildman–Crippen MR) is 83.2 cm³/mol. The molecule has 21 heavy (non-hydrogen) atoms. The molecule has 0 bridgehead atoms. The van der Waals surface area contributed by atoms with E-state index in [4.69, 9.17) is 16.2 Å². The largest absolute Gasteiger partial charge is 0.496 e. The van der Waals surface area contributed by atoms with Crippen molar-refractivity contribution in [3.05, 3.63) is 29.3 Å². The van der Waals surface area contributed by atoms with Crippen LogP contribution in [0, 0.1) is 0 Å². The Bertz CT molecular complexity index is 543. The lowest BCUT2D eigenvalue weighted by atomic mass is 10.1. The van der Waals surface area contributed by atoms with E-state index in [1.54, 1.807) is 12.0 Å². The third kappa shape index (κ3) is 4.19. The number of nitrogens with one attached hydrogen (secondary N) is 2. The van der Waals surface area contributed by atoms with Crippen molar-refractivity contribution in [3.8, 4) is 5.75 Å². The maximum absolute atomic E-state index is 5.48. The molecule has 1 aliphatic rings. The van der Waals surface area contributed by atoms with Gasteiger partial charge in [0.05, 0.1) is 25.9 Å². The number of guanidine groups is 1. The highest BCUT2D eigenvalue weighted by atomic mass is 16.5. The fourth-order valence-corrected chi connectivity index (χ4v) is 2.68. The van der Waals surface area contributed by atoms with Gasteiger partial charge < -0.3 is 9.64 Å². The summed E-state index contributed by atoms with van der Waals surface area (Å²) in [7, 11) is 1.71. The van der Waals surface area contributed by atoms with Crippen molar-refractivity contribution in [1.29, 1.82) is 0 Å². The van der Waals surface area contributed by atoms with Crippen LogP contribution in [0.15, 0.2) is 23.3 Å². The van der Waals surface area contributed by atoms with E-state index in [0.717, 1.165) is 23.6 Å². The van der Waals surface area contributed by atoms with E-state index in [2.05, 4.69) is 16.3 Å². The number of rotatable bonds is 5. The third-order valence-electron chi connectivity index (χ3n) is 3.80. The van der Waals surface area contributed by atoms with Gasteiger partial charge in [0.25, 0.3) is 0 Å². The Morgan fingerprint density at radius 3 is 2.67 bits per heavy atom. The van der Waals surface area contributed by atoms with Crippen LogP contribution in [0.5, 0.6) is 5.75 Å². The molecule has 0 radical (unpaired) electrons. The number of methoxy groups -OCH3 is 1. The molecule has 0 aromatic heterocycles. The van der Waals surface area contributed by atoms with Crippen molar-refractivity contribution < 1.29 is 14.7 Å². The monoisotopic (exact) mass is 291 g/mol. The number of ether oxygens (including phenoxy) is 1. The van der Waals surface area contributed by atoms with Crippen LogP contribution in [-0.4, -0.2) is 31.9 Å². The van der Waals surface area contributed by atoms with Crippen LogP contribution >= 0.6 is 0 Å². The molecule has 114 valence electrons. The van der Waals surface area contributed by atoms with Gasteiger partial charge in [0.1, 0.15) is 12.3 Å². The molecular weight excluding hydrogens is 266 g/mol. The number of benzene rings is 1. The van der Waals surface area contributed by atoms with E-state index < -0.39 is 0 Å². The second-order valence-corrected chi connectivity index (χ2v) is 5.42. The van der Waals surface area contributed by atoms with Gasteiger partial charge in [-0.25, -0.2) is 0 Å². The molecule has 1 fully saturated rings. The van der Waals surface area contributed by atoms with Crippen LogP contribution in [-0.2, 0) is 6.54 Å². The zero-order valence-electron chi connectivity index (χ0n) is 12.8. The number of hydrogen-bond acceptors (Lipinski definition) is 2. The predicted octanol–water partition coefficient (Wildman–Crippen LogP) is -2.05. The van der Waals surface area contributed by atoms with Crippen molar-refractivity contribution in [1.82, 2.24) is 0 Å². The van der Waals surface area contributed by atoms with Crippen molar-refractivity contribution in [2.45, 2.75) is 26.3 Å². The number of quaternary nitrogens is 1. The van der Waals surface area contributed by atoms with Gasteiger partial charge in [-0.05, 0) is 30.7 Å². The molecule has 6 nitrogen and oxygen atoms in total. The molecule has 6 N–H and O–H groups in total. The van der Waals surface area contributed by atoms with Gasteiger partial charge in [-0.2, -0.15) is 5.10 Å². The quantitative estimate of drug-likeness (QED) is 0.286. The minimum atomic E-state index is 0.0876. The van der Waals surface area contributed by atoms with E-state index in [1.807, 2.05) is 19.1 Å². The lowest BCUT2D eigenvalue weighted by molar-refractivity contribution is -0.901. The lowest BCUT2D eigenvalue weighted by Gasteiger charge is -2.15. The zero-order chi connectivity index (χ0) is 15.2. The molecule has 1 aliphatic heterocycles. The van der Waals surface area contributed by atoms with Gasteiger partial charge in [0, 0.05) is 18.4 Å². The fraction of sp³-hybridized carbons (Fsp3) is 0.467. The zero-order valence-corrected chi connectivity index (χ0v) is 12.8. The Balaban J connectivity index is 2.23. The topological polar surface area (TPSA) is 92.0 Å². The molecule has 0 amide bonds. The standard InChI is InChI=1S/C15H23N5O/c1-11(18-19-15(16)17)12-5-6-14(21-2)13(9-12)10-20-7-3-4-8-20/h5-6,9H,3-4,7-8,10H2,1-2H3,(H4,16,17,19)/p+2/b18-11-. The van der Waals surface area contributed by atoms with Crippen LogP contribution in [0.3, 0.4) is 0 Å². The first kappa shape index (κ1) is 15.3. The normalized spacial score (nSPS) is 16.0. The minimum Gasteiger partial charge on any atom is -0.496 e. The maximum Gasteiger partial charge on any atom is 0.362 e. The van der Waals surface area contributed by atoms with Gasteiger partial charge in [0.15, 0.2) is 0 Å². The van der Waals surface area contributed by atoms with Crippen molar-refractivity contribution in [3.63, 3.8) is 0 Å². The summed E-state index contributed by atoms with van der Waals surface area (Å²) in [6, 6.07) is 6.13. The van der Waals surface area contributed by atoms with Crippen molar-refractivity contribution in [2.24, 2.45) is 16.6 Å². The molecular formula is C15H25N5O+2. The molecule has 6 heteroatoms. The smallest absolute Gasteiger partial charge is 0.362 e. The number of nitrogens with two attached hydrogens (primary N) is 2. The first-order valence-corrected chi connectivity index (χ1v) is 7.29. The average Bonchev–Trinajstić information content (AvgIpc) is 2.97. The molecule has 0 saturated carbocycles. The summed E-state index contributed by atoms with van der Waals surface area (Å²) in [5, 5.41) is 6.74. The fourth-order valence-electron chi connectivity index (χ4n) is 2.68. The van der Waals surface area contributed by atoms with Gasteiger partial charge in [0.2, 0.25) is 0 Å². The molecule has 0 unspecified atom stereocenters. The molecule has 0 spiro atoms. The second kappa shape index (κ2) is 7.08. The molecule has 0 atom stereocenters. The third-order valence-corrected chi connectivity index (χ3v) is 3.80. The Hall–Kier alpha value is -2.08. The summed E-state index contributed by atoms with van der Waals surface area (Å²) in [5.41, 5.74) is 13.8. The Morgan fingerprint density at radius 2 is 2.05 bits per heavy atom. The van der Waals surface area contributed by atoms with Gasteiger partial charge >= 0.3 is 5.96 Å². The highest BCUT2D eigenvalue weighted by Gasteiger charge is 2.18. The van der Waals surface area contributed by atoms with Crippen molar-refractivity contribution >= 4 is 11.7 Å². The average molecular weight is 291 g/mol. The number of hydrazone groups is 1. The molecule has 1 saturated heterocycles. The Kier molecular flexibility index (Phi) is 5.16. The Labute approximate surface area is 125 Å². The van der Waals surface area contributed by atoms with E-state index in [9.17, 15) is 0 Å². The SMILES string of the molecule is COc1ccc(/C(C)=N\[NH+]=C(N)N)cc1C[NH+]1CCCC1. The van der Waals surface area contributed by atoms with Gasteiger partial charge in [-0.3, -0.25) is 11.5 Å². The van der Waals surface area contributed by atoms with Crippen LogP contribution in [0.4, 0.5) is 0 Å². The minimum absolute atomic E-state index is 0.0876. The number of likely N-dealkylation sites (tertiary alicyclic amines) is 1. The van der Waals surface area contributed by atoms with Crippen LogP contribution in [0.1, 0.15) is 30.9 Å². The summed E-state index contributed by atoms with van der Waals surface area (Å²) in [6.45, 7) is 5.38. The number of nitrogens with zero attached hydrogens (tertiary/aromatic N) is 1. The Morgan fingerprint density at radius 1 is 1.33 bits per heavy atom. The highest BCUT2D eigenvalue weighted by Crippen LogP contribution is 2.19. The molecule has 1 heterocycles. The van der Waals surface area contributed by atoms with Crippen LogP contribution < -0.4 is 26.2 Å². The summed E-state index contributed by atoms with van der Waals surface area (Å²) in [4.78, 5) is 1.61. The van der Waals surface area contributed by atoms with E-state index in [0.29, 0.717) is 0 Å². The molecule has 2 rings (SSSR count). The van der Waals surface area contributed by atoms with E-state index >= 15 is 0 Å². The first-order valence-electron chi connectivity index (χ1n) is 7.29. The number of hydrogen-bond donors (Lipinski definition) is 4. The van der Waals surface area contributed by atoms with Gasteiger partial charge in [-0.15, -0.1) is 5.10 Å². The van der Waals surface area contributed by atoms with Crippen LogP contribution in [0.2, 0.25) is 0 Å². The van der Waals surface area contributed by atoms with Crippen LogP contribution in [0.25, 0.3) is 0 Å². The molecule has 0 aliphatic carbocycles. The maximum atomic E-state index is 5.48.